The first-order valence-electron chi connectivity index (χ1n) is 13.7. The van der Waals surface area contributed by atoms with Crippen molar-refractivity contribution >= 4 is 28.8 Å². The van der Waals surface area contributed by atoms with Gasteiger partial charge in [0, 0.05) is 45.3 Å². The Morgan fingerprint density at radius 3 is 2.54 bits per heavy atom. The summed E-state index contributed by atoms with van der Waals surface area (Å²) in [6.45, 7) is 2.54. The summed E-state index contributed by atoms with van der Waals surface area (Å²) in [5.74, 6) is -1.96. The van der Waals surface area contributed by atoms with Crippen LogP contribution >= 0.6 is 0 Å². The van der Waals surface area contributed by atoms with Crippen molar-refractivity contribution in [1.29, 1.82) is 0 Å². The standard InChI is InChI=1S/C29H32FN5O6/c30-21-6-4-19(5-7-21)15-20-16-22-26(32-17-20)27(38)25(28(39)31-8-2-10-33-9-1-3-23(33)36)29(40)35(22)18-24(37)34-11-13-41-14-12-34/h4-7,16-17,38H,1-3,8-15,18H2,(H,31,39). The van der Waals surface area contributed by atoms with E-state index in [1.165, 1.54) is 22.9 Å². The number of benzene rings is 1. The van der Waals surface area contributed by atoms with E-state index >= 15 is 0 Å². The molecule has 2 fully saturated rings. The lowest BCUT2D eigenvalue weighted by Gasteiger charge is -2.27. The number of carbonyl (C=O) groups is 3. The Labute approximate surface area is 235 Å². The minimum absolute atomic E-state index is 0.00930. The van der Waals surface area contributed by atoms with Crippen LogP contribution in [0.1, 0.15) is 40.7 Å². The highest BCUT2D eigenvalue weighted by Crippen LogP contribution is 2.26. The third kappa shape index (κ3) is 6.37. The van der Waals surface area contributed by atoms with E-state index in [1.807, 2.05) is 0 Å². The molecule has 2 aliphatic heterocycles. The quantitative estimate of drug-likeness (QED) is 0.375. The van der Waals surface area contributed by atoms with Gasteiger partial charge in [-0.15, -0.1) is 0 Å². The van der Waals surface area contributed by atoms with Crippen molar-refractivity contribution in [2.45, 2.75) is 32.2 Å². The summed E-state index contributed by atoms with van der Waals surface area (Å²) < 4.78 is 19.9. The molecule has 41 heavy (non-hydrogen) atoms. The molecule has 12 heteroatoms. The average molecular weight is 566 g/mol. The van der Waals surface area contributed by atoms with Gasteiger partial charge in [-0.1, -0.05) is 12.1 Å². The molecule has 0 bridgehead atoms. The molecule has 216 valence electrons. The molecular weight excluding hydrogens is 533 g/mol. The van der Waals surface area contributed by atoms with Crippen LogP contribution < -0.4 is 10.9 Å². The molecule has 4 heterocycles. The van der Waals surface area contributed by atoms with Crippen LogP contribution in [0.3, 0.4) is 0 Å². The fourth-order valence-corrected chi connectivity index (χ4v) is 5.19. The molecular formula is C29H32FN5O6. The minimum Gasteiger partial charge on any atom is -0.505 e. The van der Waals surface area contributed by atoms with Crippen LogP contribution in [0.5, 0.6) is 5.75 Å². The van der Waals surface area contributed by atoms with Gasteiger partial charge in [0.05, 0.1) is 18.7 Å². The highest BCUT2D eigenvalue weighted by molar-refractivity contribution is 6.01. The van der Waals surface area contributed by atoms with Crippen LogP contribution in [-0.4, -0.2) is 88.1 Å². The Balaban J connectivity index is 1.44. The summed E-state index contributed by atoms with van der Waals surface area (Å²) >= 11 is 0. The van der Waals surface area contributed by atoms with E-state index in [-0.39, 0.29) is 41.8 Å². The molecule has 0 unspecified atom stereocenters. The van der Waals surface area contributed by atoms with Crippen molar-refractivity contribution in [3.05, 3.63) is 69.4 Å². The third-order valence-electron chi connectivity index (χ3n) is 7.40. The van der Waals surface area contributed by atoms with Gasteiger partial charge in [0.15, 0.2) is 5.75 Å². The fourth-order valence-electron chi connectivity index (χ4n) is 5.19. The molecule has 0 aliphatic carbocycles. The maximum Gasteiger partial charge on any atom is 0.268 e. The predicted octanol–water partition coefficient (Wildman–Crippen LogP) is 1.43. The second kappa shape index (κ2) is 12.5. The third-order valence-corrected chi connectivity index (χ3v) is 7.40. The Kier molecular flexibility index (Phi) is 8.58. The first-order valence-corrected chi connectivity index (χ1v) is 13.7. The normalized spacial score (nSPS) is 15.5. The number of aromatic nitrogens is 2. The van der Waals surface area contributed by atoms with Crippen LogP contribution in [0.4, 0.5) is 4.39 Å². The van der Waals surface area contributed by atoms with E-state index in [0.717, 1.165) is 12.0 Å². The molecule has 11 nitrogen and oxygen atoms in total. The van der Waals surface area contributed by atoms with Gasteiger partial charge < -0.3 is 25.0 Å². The van der Waals surface area contributed by atoms with E-state index < -0.39 is 22.8 Å². The molecule has 0 radical (unpaired) electrons. The number of halogens is 1. The molecule has 3 amide bonds. The zero-order chi connectivity index (χ0) is 28.9. The summed E-state index contributed by atoms with van der Waals surface area (Å²) in [5.41, 5.74) is 0.381. The largest absolute Gasteiger partial charge is 0.505 e. The van der Waals surface area contributed by atoms with Crippen molar-refractivity contribution in [2.24, 2.45) is 0 Å². The molecule has 2 aromatic heterocycles. The molecule has 3 aromatic rings. The molecule has 1 aromatic carbocycles. The van der Waals surface area contributed by atoms with Crippen molar-refractivity contribution in [3.8, 4) is 5.75 Å². The lowest BCUT2D eigenvalue weighted by atomic mass is 10.1. The van der Waals surface area contributed by atoms with E-state index in [2.05, 4.69) is 10.3 Å². The second-order valence-corrected chi connectivity index (χ2v) is 10.2. The summed E-state index contributed by atoms with van der Waals surface area (Å²) in [5, 5.41) is 13.7. The van der Waals surface area contributed by atoms with Crippen molar-refractivity contribution < 1.29 is 28.6 Å². The summed E-state index contributed by atoms with van der Waals surface area (Å²) in [4.78, 5) is 59.5. The number of amides is 3. The number of aromatic hydroxyl groups is 1. The van der Waals surface area contributed by atoms with E-state index in [1.54, 1.807) is 28.0 Å². The van der Waals surface area contributed by atoms with Crippen molar-refractivity contribution in [1.82, 2.24) is 24.7 Å². The zero-order valence-corrected chi connectivity index (χ0v) is 22.6. The minimum atomic E-state index is -0.815. The van der Waals surface area contributed by atoms with Crippen molar-refractivity contribution in [3.63, 3.8) is 0 Å². The molecule has 2 aliphatic rings. The Hall–Kier alpha value is -4.32. The average Bonchev–Trinajstić information content (AvgIpc) is 3.39. The maximum absolute atomic E-state index is 13.7. The van der Waals surface area contributed by atoms with E-state index in [9.17, 15) is 28.7 Å². The van der Waals surface area contributed by atoms with Gasteiger partial charge in [-0.3, -0.25) is 28.7 Å². The number of nitrogens with one attached hydrogen (secondary N) is 1. The Bertz CT molecular complexity index is 1520. The van der Waals surface area contributed by atoms with Crippen LogP contribution in [0, 0.1) is 5.82 Å². The number of pyridine rings is 2. The van der Waals surface area contributed by atoms with Crippen molar-refractivity contribution in [2.75, 3.05) is 45.9 Å². The number of hydrogen-bond acceptors (Lipinski definition) is 7. The topological polar surface area (TPSA) is 134 Å². The number of rotatable bonds is 9. The zero-order valence-electron chi connectivity index (χ0n) is 22.6. The highest BCUT2D eigenvalue weighted by Gasteiger charge is 2.26. The number of likely N-dealkylation sites (tertiary alicyclic amines) is 1. The highest BCUT2D eigenvalue weighted by atomic mass is 19.1. The van der Waals surface area contributed by atoms with Gasteiger partial charge in [0.1, 0.15) is 23.4 Å². The first kappa shape index (κ1) is 28.2. The predicted molar refractivity (Wildman–Crippen MR) is 147 cm³/mol. The van der Waals surface area contributed by atoms with Gasteiger partial charge in [-0.05, 0) is 48.6 Å². The molecule has 0 spiro atoms. The van der Waals surface area contributed by atoms with Crippen LogP contribution in [0.25, 0.3) is 11.0 Å². The van der Waals surface area contributed by atoms with Gasteiger partial charge in [0.2, 0.25) is 11.8 Å². The SMILES string of the molecule is O=C(NCCCN1CCCC1=O)c1c(O)c2ncc(Cc3ccc(F)cc3)cc2n(CC(=O)N2CCOCC2)c1=O. The number of ether oxygens (including phenoxy) is 1. The number of fused-ring (bicyclic) bond motifs is 1. The van der Waals surface area contributed by atoms with E-state index in [4.69, 9.17) is 4.74 Å². The molecule has 5 rings (SSSR count). The second-order valence-electron chi connectivity index (χ2n) is 10.2. The monoisotopic (exact) mass is 565 g/mol. The van der Waals surface area contributed by atoms with Gasteiger partial charge in [-0.2, -0.15) is 0 Å². The van der Waals surface area contributed by atoms with Gasteiger partial charge in [0.25, 0.3) is 11.5 Å². The number of nitrogens with zero attached hydrogens (tertiary/aromatic N) is 4. The number of hydrogen-bond donors (Lipinski definition) is 2. The fraction of sp³-hybridized carbons (Fsp3) is 0.414. The lowest BCUT2D eigenvalue weighted by molar-refractivity contribution is -0.135. The summed E-state index contributed by atoms with van der Waals surface area (Å²) in [7, 11) is 0. The Morgan fingerprint density at radius 1 is 1.07 bits per heavy atom. The number of morpholine rings is 1. The van der Waals surface area contributed by atoms with Gasteiger partial charge >= 0.3 is 0 Å². The molecule has 0 atom stereocenters. The summed E-state index contributed by atoms with van der Waals surface area (Å²) in [6, 6.07) is 7.62. The number of carbonyl (C=O) groups excluding carboxylic acids is 3. The maximum atomic E-state index is 13.7. The molecule has 0 saturated carbocycles. The first-order chi connectivity index (χ1) is 19.8. The smallest absolute Gasteiger partial charge is 0.268 e. The molecule has 2 N–H and O–H groups in total. The Morgan fingerprint density at radius 2 is 1.83 bits per heavy atom. The molecule has 2 saturated heterocycles. The summed E-state index contributed by atoms with van der Waals surface area (Å²) in [6.07, 6.45) is 3.72. The van der Waals surface area contributed by atoms with Gasteiger partial charge in [-0.25, -0.2) is 4.39 Å². The van der Waals surface area contributed by atoms with Crippen LogP contribution in [0.2, 0.25) is 0 Å². The van der Waals surface area contributed by atoms with Crippen LogP contribution in [-0.2, 0) is 27.3 Å². The van der Waals surface area contributed by atoms with E-state index in [0.29, 0.717) is 64.2 Å². The lowest BCUT2D eigenvalue weighted by Crippen LogP contribution is -2.44. The van der Waals surface area contributed by atoms with Crippen LogP contribution in [0.15, 0.2) is 41.3 Å².